The van der Waals surface area contributed by atoms with Crippen molar-refractivity contribution in [3.8, 4) is 0 Å². The smallest absolute Gasteiger partial charge is 0.169 e. The molecule has 2 rings (SSSR count). The Hall–Kier alpha value is -3.98. The van der Waals surface area contributed by atoms with Gasteiger partial charge in [0.05, 0.1) is 0 Å². The number of rotatable bonds is 10. The number of allylic oxidation sites excluding steroid dienone is 21. The summed E-state index contributed by atoms with van der Waals surface area (Å²) in [6, 6.07) is 0. The molecule has 0 spiro atoms. The first-order valence-corrected chi connectivity index (χ1v) is 14.5. The predicted molar refractivity (Wildman–Crippen MR) is 184 cm³/mol. The molecule has 3 nitrogen and oxygen atoms in total. The Balaban J connectivity index is 0. The molecule has 0 amide bonds. The molecule has 1 aliphatic rings. The van der Waals surface area contributed by atoms with E-state index >= 15 is 0 Å². The van der Waals surface area contributed by atoms with Crippen LogP contribution in [0.15, 0.2) is 128 Å². The van der Waals surface area contributed by atoms with Crippen molar-refractivity contribution in [1.82, 2.24) is 14.8 Å². The van der Waals surface area contributed by atoms with Gasteiger partial charge in [0, 0.05) is 16.8 Å². The summed E-state index contributed by atoms with van der Waals surface area (Å²) in [6.45, 7) is 32.1. The minimum atomic E-state index is 0.709. The highest BCUT2D eigenvalue weighted by Crippen LogP contribution is 2.33. The highest BCUT2D eigenvalue weighted by Gasteiger charge is 2.21. The molecule has 0 saturated carbocycles. The van der Waals surface area contributed by atoms with Crippen LogP contribution in [-0.2, 0) is 0 Å². The van der Waals surface area contributed by atoms with Gasteiger partial charge in [0.1, 0.15) is 0 Å². The Bertz CT molecular complexity index is 1200. The molecule has 0 atom stereocenters. The number of hydrogen-bond acceptors (Lipinski definition) is 2. The lowest BCUT2D eigenvalue weighted by Crippen LogP contribution is -2.07. The minimum Gasteiger partial charge on any atom is -0.275 e. The van der Waals surface area contributed by atoms with Crippen LogP contribution in [0.4, 0.5) is 0 Å². The van der Waals surface area contributed by atoms with Crippen molar-refractivity contribution in [3.05, 3.63) is 139 Å². The van der Waals surface area contributed by atoms with Crippen molar-refractivity contribution < 1.29 is 0 Å². The summed E-state index contributed by atoms with van der Waals surface area (Å²) in [5, 5.41) is 9.29. The van der Waals surface area contributed by atoms with Gasteiger partial charge in [0.25, 0.3) is 0 Å². The zero-order valence-corrected chi connectivity index (χ0v) is 26.8. The first-order chi connectivity index (χ1) is 19.6. The van der Waals surface area contributed by atoms with Gasteiger partial charge in [-0.2, -0.15) is 0 Å². The zero-order valence-electron chi connectivity index (χ0n) is 26.8. The summed E-state index contributed by atoms with van der Waals surface area (Å²) in [5.74, 6) is 1.44. The maximum absolute atomic E-state index is 4.68. The molecule has 40 heavy (non-hydrogen) atoms. The van der Waals surface area contributed by atoms with Crippen molar-refractivity contribution >= 4 is 16.8 Å². The van der Waals surface area contributed by atoms with Crippen LogP contribution in [0.5, 0.6) is 0 Å². The van der Waals surface area contributed by atoms with E-state index in [9.17, 15) is 0 Å². The highest BCUT2D eigenvalue weighted by molar-refractivity contribution is 5.83. The molecule has 3 heteroatoms. The van der Waals surface area contributed by atoms with Crippen LogP contribution in [0.2, 0.25) is 0 Å². The molecular weight excluding hydrogens is 486 g/mol. The Morgan fingerprint density at radius 3 is 1.93 bits per heavy atom. The van der Waals surface area contributed by atoms with E-state index in [4.69, 9.17) is 0 Å². The Morgan fingerprint density at radius 2 is 1.40 bits per heavy atom. The van der Waals surface area contributed by atoms with Gasteiger partial charge in [0.2, 0.25) is 0 Å². The molecule has 0 N–H and O–H groups in total. The molecule has 0 fully saturated rings. The number of nitrogens with zero attached hydrogens (tertiary/aromatic N) is 3. The van der Waals surface area contributed by atoms with E-state index in [1.54, 1.807) is 12.2 Å². The van der Waals surface area contributed by atoms with Crippen LogP contribution >= 0.6 is 0 Å². The lowest BCUT2D eigenvalue weighted by atomic mass is 9.93. The molecule has 0 bridgehead atoms. The van der Waals surface area contributed by atoms with E-state index < -0.39 is 0 Å². The van der Waals surface area contributed by atoms with Crippen molar-refractivity contribution in [2.24, 2.45) is 0 Å². The monoisotopic (exact) mass is 539 g/mol. The predicted octanol–water partition coefficient (Wildman–Crippen LogP) is 11.5. The number of aromatic nitrogens is 3. The molecule has 1 heterocycles. The molecular formula is C37H53N3. The van der Waals surface area contributed by atoms with Gasteiger partial charge in [-0.25, -0.2) is 0 Å². The average Bonchev–Trinajstić information content (AvgIpc) is 3.31. The van der Waals surface area contributed by atoms with Crippen LogP contribution in [0, 0.1) is 0 Å². The second kappa shape index (κ2) is 24.1. The molecule has 0 unspecified atom stereocenters. The van der Waals surface area contributed by atoms with Crippen molar-refractivity contribution in [1.29, 1.82) is 0 Å². The second-order valence-corrected chi connectivity index (χ2v) is 7.64. The van der Waals surface area contributed by atoms with Gasteiger partial charge in [0.15, 0.2) is 11.6 Å². The Kier molecular flexibility index (Phi) is 23.0. The molecule has 216 valence electrons. The summed E-state index contributed by atoms with van der Waals surface area (Å²) in [6.07, 6.45) is 30.7. The quantitative estimate of drug-likeness (QED) is 0.277. The summed E-state index contributed by atoms with van der Waals surface area (Å²) in [7, 11) is 0. The molecule has 0 aliphatic heterocycles. The van der Waals surface area contributed by atoms with Crippen molar-refractivity contribution in [3.63, 3.8) is 0 Å². The minimum absolute atomic E-state index is 0.709. The van der Waals surface area contributed by atoms with E-state index in [1.807, 2.05) is 111 Å². The largest absolute Gasteiger partial charge is 0.275 e. The summed E-state index contributed by atoms with van der Waals surface area (Å²) in [4.78, 5) is 0. The van der Waals surface area contributed by atoms with Gasteiger partial charge < -0.3 is 0 Å². The molecule has 0 saturated heterocycles. The van der Waals surface area contributed by atoms with Crippen LogP contribution in [0.25, 0.3) is 16.8 Å². The standard InChI is InChI=1S/C31H35N3.3C2H6/c1-8-14-20-25(11-4)30-32-33-31(34(30)27(12-5)22-15-9-2)29(18-10-3)28(13-6)26-21-17-16-19-24(7)23-26;3*1-2/h8-22H,2,4,6,23H2,1,3,5,7H3;3*1-2H3/b14-8-,18-10-,22-15-,25-20+,27-12+,29-28-;;;. The van der Waals surface area contributed by atoms with E-state index in [0.717, 1.165) is 34.7 Å². The van der Waals surface area contributed by atoms with Crippen molar-refractivity contribution in [2.75, 3.05) is 0 Å². The molecule has 1 aromatic heterocycles. The fourth-order valence-corrected chi connectivity index (χ4v) is 3.65. The van der Waals surface area contributed by atoms with Crippen LogP contribution in [0.3, 0.4) is 0 Å². The second-order valence-electron chi connectivity index (χ2n) is 7.64. The van der Waals surface area contributed by atoms with Crippen LogP contribution in [-0.4, -0.2) is 14.8 Å². The van der Waals surface area contributed by atoms with Crippen molar-refractivity contribution in [2.45, 2.75) is 75.7 Å². The molecule has 0 radical (unpaired) electrons. The normalized spacial score (nSPS) is 14.1. The van der Waals surface area contributed by atoms with Crippen LogP contribution < -0.4 is 0 Å². The first-order valence-electron chi connectivity index (χ1n) is 14.5. The van der Waals surface area contributed by atoms with Gasteiger partial charge in [-0.1, -0.05) is 152 Å². The number of hydrogen-bond donors (Lipinski definition) is 0. The molecule has 1 aliphatic carbocycles. The Morgan fingerprint density at radius 1 is 0.775 bits per heavy atom. The van der Waals surface area contributed by atoms with Gasteiger partial charge in [-0.05, 0) is 51.3 Å². The van der Waals surface area contributed by atoms with E-state index in [2.05, 4.69) is 71.8 Å². The molecule has 0 aromatic carbocycles. The third-order valence-electron chi connectivity index (χ3n) is 5.24. The zero-order chi connectivity index (χ0) is 30.9. The third-order valence-corrected chi connectivity index (χ3v) is 5.24. The highest BCUT2D eigenvalue weighted by atomic mass is 15.3. The third kappa shape index (κ3) is 11.4. The summed E-state index contributed by atoms with van der Waals surface area (Å²) in [5.41, 5.74) is 6.24. The van der Waals surface area contributed by atoms with E-state index in [-0.39, 0.29) is 0 Å². The fraction of sp³-hybridized carbons (Fsp3) is 0.297. The molecule has 1 aromatic rings. The topological polar surface area (TPSA) is 30.7 Å². The maximum atomic E-state index is 4.68. The first kappa shape index (κ1) is 38.2. The van der Waals surface area contributed by atoms with Crippen LogP contribution in [0.1, 0.15) is 87.3 Å². The Labute approximate surface area is 246 Å². The SMILES string of the molecule is C=C/C=C\C(=C/C)n1c(C(/C=C\C)=C(/C=C)C2=CC=CC=C(C)C2)nnc1/C(C=C)=C/C=C\C.CC.CC.CC. The fourth-order valence-electron chi connectivity index (χ4n) is 3.65. The maximum Gasteiger partial charge on any atom is 0.169 e. The summed E-state index contributed by atoms with van der Waals surface area (Å²) >= 11 is 0. The van der Waals surface area contributed by atoms with Gasteiger partial charge in [-0.15, -0.1) is 10.2 Å². The average molecular weight is 540 g/mol. The lowest BCUT2D eigenvalue weighted by Gasteiger charge is -2.16. The van der Waals surface area contributed by atoms with Gasteiger partial charge >= 0.3 is 0 Å². The van der Waals surface area contributed by atoms with Gasteiger partial charge in [-0.3, -0.25) is 4.57 Å². The van der Waals surface area contributed by atoms with E-state index in [0.29, 0.717) is 5.82 Å². The lowest BCUT2D eigenvalue weighted by molar-refractivity contribution is 1.04. The van der Waals surface area contributed by atoms with E-state index in [1.165, 1.54) is 11.1 Å². The summed E-state index contributed by atoms with van der Waals surface area (Å²) < 4.78 is 2.06.